The summed E-state index contributed by atoms with van der Waals surface area (Å²) in [5, 5.41) is 27.8. The number of carboxylic acid groups (broad SMARTS) is 1. The van der Waals surface area contributed by atoms with Crippen LogP contribution >= 0.6 is 23.2 Å². The zero-order chi connectivity index (χ0) is 31.0. The highest BCUT2D eigenvalue weighted by atomic mass is 35.5. The number of carboxylic acids is 1. The molecule has 0 aliphatic carbocycles. The van der Waals surface area contributed by atoms with Gasteiger partial charge in [0.05, 0.1) is 51.7 Å². The van der Waals surface area contributed by atoms with Gasteiger partial charge in [-0.3, -0.25) is 4.79 Å². The highest BCUT2D eigenvalue weighted by Crippen LogP contribution is 2.35. The number of hydrogen-bond donors (Lipinski definition) is 3. The number of benzene rings is 3. The SMILES string of the molecule is Cc1cc(NCC(O)(CN(C(=O)c2c(Cl)cccc2Cl)C(C)C)C(F)(F)F)c2cnn(-c3cccc(C(=O)O)c3)c2c1. The Morgan fingerprint density at radius 1 is 1.07 bits per heavy atom. The largest absolute Gasteiger partial charge is 0.478 e. The number of fused-ring (bicyclic) bond motifs is 1. The van der Waals surface area contributed by atoms with E-state index in [-0.39, 0.29) is 26.9 Å². The van der Waals surface area contributed by atoms with Gasteiger partial charge in [0.25, 0.3) is 5.91 Å². The van der Waals surface area contributed by atoms with Crippen LogP contribution in [0.5, 0.6) is 0 Å². The predicted molar refractivity (Wildman–Crippen MR) is 155 cm³/mol. The predicted octanol–water partition coefficient (Wildman–Crippen LogP) is 6.60. The lowest BCUT2D eigenvalue weighted by Gasteiger charge is -2.38. The maximum absolute atomic E-state index is 14.4. The number of hydrogen-bond acceptors (Lipinski definition) is 5. The van der Waals surface area contributed by atoms with Crippen molar-refractivity contribution in [2.75, 3.05) is 18.4 Å². The van der Waals surface area contributed by atoms with Crippen molar-refractivity contribution in [3.8, 4) is 5.69 Å². The van der Waals surface area contributed by atoms with Gasteiger partial charge in [0.15, 0.2) is 5.60 Å². The summed E-state index contributed by atoms with van der Waals surface area (Å²) in [5.41, 5.74) is -1.62. The van der Waals surface area contributed by atoms with Crippen molar-refractivity contribution in [1.29, 1.82) is 0 Å². The summed E-state index contributed by atoms with van der Waals surface area (Å²) in [6.07, 6.45) is -3.71. The van der Waals surface area contributed by atoms with E-state index in [9.17, 15) is 33.0 Å². The normalized spacial score (nSPS) is 13.3. The number of alkyl halides is 3. The van der Waals surface area contributed by atoms with Crippen LogP contribution in [0.4, 0.5) is 18.9 Å². The number of aryl methyl sites for hydroxylation is 1. The fraction of sp³-hybridized carbons (Fsp3) is 0.276. The third-order valence-electron chi connectivity index (χ3n) is 6.76. The Bertz CT molecular complexity index is 1640. The number of nitrogens with zero attached hydrogens (tertiary/aromatic N) is 3. The van der Waals surface area contributed by atoms with Gasteiger partial charge in [0.1, 0.15) is 0 Å². The lowest BCUT2D eigenvalue weighted by Crippen LogP contribution is -2.59. The first-order valence-corrected chi connectivity index (χ1v) is 13.5. The van der Waals surface area contributed by atoms with Crippen molar-refractivity contribution in [2.24, 2.45) is 0 Å². The first-order chi connectivity index (χ1) is 19.6. The molecule has 13 heteroatoms. The van der Waals surface area contributed by atoms with Gasteiger partial charge in [-0.1, -0.05) is 35.3 Å². The molecule has 0 spiro atoms. The van der Waals surface area contributed by atoms with E-state index in [0.717, 1.165) is 4.90 Å². The minimum Gasteiger partial charge on any atom is -0.478 e. The molecule has 4 rings (SSSR count). The maximum Gasteiger partial charge on any atom is 0.420 e. The summed E-state index contributed by atoms with van der Waals surface area (Å²) in [5.74, 6) is -1.98. The van der Waals surface area contributed by atoms with Crippen molar-refractivity contribution in [3.63, 3.8) is 0 Å². The molecule has 3 aromatic carbocycles. The quantitative estimate of drug-likeness (QED) is 0.194. The Balaban J connectivity index is 1.68. The van der Waals surface area contributed by atoms with E-state index >= 15 is 0 Å². The standard InChI is InChI=1S/C29H27Cl2F3N4O4/c1-16(2)37(26(39)25-21(30)8-5-9-22(25)31)15-28(42,29(32,33)34)14-35-23-10-17(3)11-24-20(23)13-36-38(24)19-7-4-6-18(12-19)27(40)41/h4-13,16,35,42H,14-15H2,1-3H3,(H,40,41). The van der Waals surface area contributed by atoms with Crippen molar-refractivity contribution in [1.82, 2.24) is 14.7 Å². The van der Waals surface area contributed by atoms with Crippen LogP contribution in [0.3, 0.4) is 0 Å². The van der Waals surface area contributed by atoms with Crippen molar-refractivity contribution >= 4 is 51.7 Å². The smallest absolute Gasteiger partial charge is 0.420 e. The van der Waals surface area contributed by atoms with Gasteiger partial charge in [-0.2, -0.15) is 18.3 Å². The average Bonchev–Trinajstić information content (AvgIpc) is 3.33. The molecule has 0 radical (unpaired) electrons. The van der Waals surface area contributed by atoms with Gasteiger partial charge < -0.3 is 20.4 Å². The Morgan fingerprint density at radius 2 is 1.71 bits per heavy atom. The van der Waals surface area contributed by atoms with Crippen LogP contribution in [0.2, 0.25) is 10.0 Å². The minimum atomic E-state index is -5.14. The summed E-state index contributed by atoms with van der Waals surface area (Å²) in [4.78, 5) is 25.7. The monoisotopic (exact) mass is 622 g/mol. The molecule has 0 bridgehead atoms. The molecule has 1 heterocycles. The second-order valence-electron chi connectivity index (χ2n) is 10.2. The Kier molecular flexibility index (Phi) is 8.77. The van der Waals surface area contributed by atoms with Gasteiger partial charge in [-0.05, 0) is 68.8 Å². The zero-order valence-corrected chi connectivity index (χ0v) is 24.2. The van der Waals surface area contributed by atoms with Gasteiger partial charge >= 0.3 is 12.1 Å². The number of aromatic carboxylic acids is 1. The van der Waals surface area contributed by atoms with Crippen molar-refractivity contribution in [3.05, 3.63) is 87.5 Å². The van der Waals surface area contributed by atoms with Crippen molar-refractivity contribution in [2.45, 2.75) is 38.6 Å². The number of anilines is 1. The number of amides is 1. The molecule has 0 saturated heterocycles. The highest BCUT2D eigenvalue weighted by Gasteiger charge is 2.55. The van der Waals surface area contributed by atoms with Crippen LogP contribution in [0.1, 0.15) is 40.1 Å². The number of aliphatic hydroxyl groups is 1. The Labute approximate surface area is 249 Å². The molecule has 8 nitrogen and oxygen atoms in total. The number of halogens is 5. The third kappa shape index (κ3) is 6.18. The molecule has 0 saturated carbocycles. The lowest BCUT2D eigenvalue weighted by atomic mass is 10.00. The van der Waals surface area contributed by atoms with E-state index < -0.39 is 42.8 Å². The van der Waals surface area contributed by atoms with E-state index in [1.165, 1.54) is 55.1 Å². The first-order valence-electron chi connectivity index (χ1n) is 12.7. The number of nitrogens with one attached hydrogen (secondary N) is 1. The summed E-state index contributed by atoms with van der Waals surface area (Å²) in [6, 6.07) is 13.0. The van der Waals surface area contributed by atoms with Gasteiger partial charge in [-0.15, -0.1) is 0 Å². The van der Waals surface area contributed by atoms with Crippen LogP contribution in [-0.4, -0.2) is 67.7 Å². The van der Waals surface area contributed by atoms with E-state index in [1.54, 1.807) is 31.2 Å². The number of carbonyl (C=O) groups is 2. The van der Waals surface area contributed by atoms with E-state index in [4.69, 9.17) is 23.2 Å². The number of rotatable bonds is 9. The Hall–Kier alpha value is -3.80. The molecule has 3 N–H and O–H groups in total. The number of carbonyl (C=O) groups excluding carboxylic acids is 1. The molecule has 1 amide bonds. The second kappa shape index (κ2) is 11.8. The fourth-order valence-electron chi connectivity index (χ4n) is 4.49. The van der Waals surface area contributed by atoms with Crippen molar-refractivity contribution < 1.29 is 33.0 Å². The Morgan fingerprint density at radius 3 is 2.31 bits per heavy atom. The molecular formula is C29H27Cl2F3N4O4. The third-order valence-corrected chi connectivity index (χ3v) is 7.39. The fourth-order valence-corrected chi connectivity index (χ4v) is 5.05. The summed E-state index contributed by atoms with van der Waals surface area (Å²) in [6.45, 7) is 2.67. The van der Waals surface area contributed by atoms with E-state index in [2.05, 4.69) is 10.4 Å². The summed E-state index contributed by atoms with van der Waals surface area (Å²) in [7, 11) is 0. The first kappa shape index (κ1) is 31.1. The topological polar surface area (TPSA) is 108 Å². The molecule has 42 heavy (non-hydrogen) atoms. The van der Waals surface area contributed by atoms with Crippen LogP contribution < -0.4 is 5.32 Å². The molecule has 1 atom stereocenters. The number of aromatic nitrogens is 2. The van der Waals surface area contributed by atoms with E-state index in [1.807, 2.05) is 0 Å². The molecule has 4 aromatic rings. The lowest BCUT2D eigenvalue weighted by molar-refractivity contribution is -0.258. The van der Waals surface area contributed by atoms with Crippen LogP contribution in [0.15, 0.2) is 60.8 Å². The molecule has 0 aliphatic heterocycles. The molecule has 0 aliphatic rings. The van der Waals surface area contributed by atoms with Crippen LogP contribution in [0, 0.1) is 6.92 Å². The molecular weight excluding hydrogens is 596 g/mol. The average molecular weight is 623 g/mol. The van der Waals surface area contributed by atoms with Gasteiger partial charge in [-0.25, -0.2) is 9.48 Å². The molecule has 1 unspecified atom stereocenters. The van der Waals surface area contributed by atoms with E-state index in [0.29, 0.717) is 22.2 Å². The van der Waals surface area contributed by atoms with Crippen LogP contribution in [-0.2, 0) is 0 Å². The van der Waals surface area contributed by atoms with Crippen LogP contribution in [0.25, 0.3) is 16.6 Å². The maximum atomic E-state index is 14.4. The second-order valence-corrected chi connectivity index (χ2v) is 11.0. The molecule has 222 valence electrons. The molecule has 1 aromatic heterocycles. The minimum absolute atomic E-state index is 0.0279. The summed E-state index contributed by atoms with van der Waals surface area (Å²) >= 11 is 12.3. The van der Waals surface area contributed by atoms with Gasteiger partial charge in [0.2, 0.25) is 0 Å². The highest BCUT2D eigenvalue weighted by molar-refractivity contribution is 6.39. The van der Waals surface area contributed by atoms with Gasteiger partial charge in [0, 0.05) is 17.1 Å². The zero-order valence-electron chi connectivity index (χ0n) is 22.7. The summed E-state index contributed by atoms with van der Waals surface area (Å²) < 4.78 is 44.8. The molecule has 0 fully saturated rings.